The van der Waals surface area contributed by atoms with Crippen LogP contribution in [-0.4, -0.2) is 57.2 Å². The van der Waals surface area contributed by atoms with E-state index in [0.29, 0.717) is 0 Å². The van der Waals surface area contributed by atoms with Crippen molar-refractivity contribution in [2.24, 2.45) is 5.92 Å². The molecular weight excluding hydrogens is 339 g/mol. The number of hydrogen-bond donors (Lipinski definition) is 4. The first-order chi connectivity index (χ1) is 11.1. The number of aliphatic hydroxyl groups excluding tert-OH is 2. The predicted octanol–water partition coefficient (Wildman–Crippen LogP) is -1.92. The Bertz CT molecular complexity index is 715. The van der Waals surface area contributed by atoms with Crippen molar-refractivity contribution in [3.05, 3.63) is 33.1 Å². The average molecular weight is 353 g/mol. The van der Waals surface area contributed by atoms with Gasteiger partial charge in [0.1, 0.15) is 12.3 Å². The molecule has 0 saturated carbocycles. The predicted molar refractivity (Wildman–Crippen MR) is 70.9 cm³/mol. The molecule has 0 aliphatic carbocycles. The maximum Gasteiger partial charge on any atom is 0.471 e. The summed E-state index contributed by atoms with van der Waals surface area (Å²) in [6.07, 6.45) is -7.95. The minimum absolute atomic E-state index is 0.653. The van der Waals surface area contributed by atoms with Gasteiger partial charge in [0.05, 0.1) is 18.6 Å². The zero-order chi connectivity index (χ0) is 18.1. The molecule has 9 nitrogen and oxygen atoms in total. The second kappa shape index (κ2) is 6.75. The molecular formula is C12H14F3N3O6. The lowest BCUT2D eigenvalue weighted by Gasteiger charge is -2.22. The minimum Gasteiger partial charge on any atom is -0.394 e. The molecule has 1 aromatic rings. The maximum absolute atomic E-state index is 12.3. The van der Waals surface area contributed by atoms with Crippen molar-refractivity contribution in [3.8, 4) is 0 Å². The van der Waals surface area contributed by atoms with E-state index in [-0.39, 0.29) is 0 Å². The summed E-state index contributed by atoms with van der Waals surface area (Å²) in [7, 11) is 0. The van der Waals surface area contributed by atoms with E-state index in [4.69, 9.17) is 9.84 Å². The summed E-state index contributed by atoms with van der Waals surface area (Å²) in [5, 5.41) is 20.8. The fourth-order valence-electron chi connectivity index (χ4n) is 2.39. The zero-order valence-electron chi connectivity index (χ0n) is 12.0. The Kier molecular flexibility index (Phi) is 5.11. The number of halogens is 3. The third kappa shape index (κ3) is 3.66. The molecule has 4 N–H and O–H groups in total. The van der Waals surface area contributed by atoms with Crippen LogP contribution < -0.4 is 16.6 Å². The first kappa shape index (κ1) is 18.2. The lowest BCUT2D eigenvalue weighted by Crippen LogP contribution is -2.44. The van der Waals surface area contributed by atoms with Gasteiger partial charge in [-0.25, -0.2) is 4.79 Å². The molecule has 0 radical (unpaired) electrons. The molecule has 0 bridgehead atoms. The number of rotatable bonds is 4. The van der Waals surface area contributed by atoms with Crippen molar-refractivity contribution in [1.29, 1.82) is 0 Å². The van der Waals surface area contributed by atoms with Crippen LogP contribution in [0.1, 0.15) is 6.23 Å². The highest BCUT2D eigenvalue weighted by Gasteiger charge is 2.46. The molecule has 1 amide bonds. The number of carbonyl (C=O) groups is 1. The van der Waals surface area contributed by atoms with E-state index < -0.39 is 60.8 Å². The lowest BCUT2D eigenvalue weighted by molar-refractivity contribution is -0.174. The lowest BCUT2D eigenvalue weighted by atomic mass is 9.99. The summed E-state index contributed by atoms with van der Waals surface area (Å²) >= 11 is 0. The summed E-state index contributed by atoms with van der Waals surface area (Å²) in [5.74, 6) is -3.37. The zero-order valence-corrected chi connectivity index (χ0v) is 12.0. The average Bonchev–Trinajstić information content (AvgIpc) is 2.80. The van der Waals surface area contributed by atoms with Crippen molar-refractivity contribution < 1.29 is 32.9 Å². The minimum atomic E-state index is -5.11. The second-order valence-electron chi connectivity index (χ2n) is 5.13. The van der Waals surface area contributed by atoms with Gasteiger partial charge in [0.25, 0.3) is 5.56 Å². The van der Waals surface area contributed by atoms with Crippen LogP contribution in [0.3, 0.4) is 0 Å². The molecule has 1 fully saturated rings. The highest BCUT2D eigenvalue weighted by atomic mass is 19.4. The van der Waals surface area contributed by atoms with Crippen LogP contribution in [0.2, 0.25) is 0 Å². The van der Waals surface area contributed by atoms with Crippen LogP contribution in [0, 0.1) is 5.92 Å². The first-order valence-electron chi connectivity index (χ1n) is 6.76. The van der Waals surface area contributed by atoms with E-state index >= 15 is 0 Å². The van der Waals surface area contributed by atoms with Gasteiger partial charge in [0, 0.05) is 18.8 Å². The Labute approximate surface area is 131 Å². The normalized spacial score (nSPS) is 27.2. The monoisotopic (exact) mass is 353 g/mol. The fraction of sp³-hybridized carbons (Fsp3) is 0.583. The van der Waals surface area contributed by atoms with Gasteiger partial charge < -0.3 is 20.3 Å². The van der Waals surface area contributed by atoms with Gasteiger partial charge in [-0.2, -0.15) is 13.2 Å². The number of nitrogens with zero attached hydrogens (tertiary/aromatic N) is 1. The van der Waals surface area contributed by atoms with E-state index in [1.165, 1.54) is 0 Å². The van der Waals surface area contributed by atoms with Crippen molar-refractivity contribution >= 4 is 5.91 Å². The molecule has 2 heterocycles. The number of hydrogen-bond acceptors (Lipinski definition) is 6. The summed E-state index contributed by atoms with van der Waals surface area (Å²) in [6.45, 7) is -1.31. The number of H-pyrrole nitrogens is 1. The Morgan fingerprint density at radius 1 is 1.42 bits per heavy atom. The maximum atomic E-state index is 12.3. The topological polar surface area (TPSA) is 134 Å². The van der Waals surface area contributed by atoms with Crippen molar-refractivity contribution in [2.45, 2.75) is 24.6 Å². The Hall–Kier alpha value is -2.18. The summed E-state index contributed by atoms with van der Waals surface area (Å²) in [6, 6.07) is 0.981. The summed E-state index contributed by atoms with van der Waals surface area (Å²) in [4.78, 5) is 35.7. The summed E-state index contributed by atoms with van der Waals surface area (Å²) in [5.41, 5.74) is -1.61. The molecule has 2 unspecified atom stereocenters. The molecule has 1 saturated heterocycles. The van der Waals surface area contributed by atoms with E-state index in [1.807, 2.05) is 4.98 Å². The molecule has 1 aromatic heterocycles. The quantitative estimate of drug-likeness (QED) is 0.499. The van der Waals surface area contributed by atoms with E-state index in [1.54, 1.807) is 5.32 Å². The van der Waals surface area contributed by atoms with Gasteiger partial charge >= 0.3 is 17.8 Å². The van der Waals surface area contributed by atoms with Crippen LogP contribution in [0.15, 0.2) is 21.9 Å². The number of alkyl halides is 3. The van der Waals surface area contributed by atoms with Crippen LogP contribution in [0.4, 0.5) is 13.2 Å². The van der Waals surface area contributed by atoms with E-state index in [9.17, 15) is 32.7 Å². The molecule has 0 spiro atoms. The standard InChI is InChI=1S/C12H14F3N3O6/c13-12(14,15)10(22)16-3-5-8(21)6(4-19)24-9(5)18-2-1-7(20)17-11(18)23/h1-2,5-6,8-9,19,21H,3-4H2,(H,16,22)(H,17,20,23)/t5?,6-,8?,9-/m0/s1. The number of aromatic nitrogens is 2. The Morgan fingerprint density at radius 2 is 2.08 bits per heavy atom. The second-order valence-corrected chi connectivity index (χ2v) is 5.13. The van der Waals surface area contributed by atoms with Gasteiger partial charge in [-0.3, -0.25) is 19.1 Å². The molecule has 1 aliphatic heterocycles. The van der Waals surface area contributed by atoms with Crippen LogP contribution in [0.5, 0.6) is 0 Å². The van der Waals surface area contributed by atoms with Crippen LogP contribution >= 0.6 is 0 Å². The molecule has 134 valence electrons. The largest absolute Gasteiger partial charge is 0.471 e. The molecule has 2 rings (SSSR count). The van der Waals surface area contributed by atoms with Crippen molar-refractivity contribution in [3.63, 3.8) is 0 Å². The molecule has 4 atom stereocenters. The highest BCUT2D eigenvalue weighted by Crippen LogP contribution is 2.33. The van der Waals surface area contributed by atoms with Crippen LogP contribution in [0.25, 0.3) is 0 Å². The SMILES string of the molecule is O=C(NCC1C(O)[C@H](CO)O[C@@H]1n1ccc(=O)[nH]c1=O)C(F)(F)F. The van der Waals surface area contributed by atoms with Crippen LogP contribution in [-0.2, 0) is 9.53 Å². The number of aliphatic hydroxyl groups is 2. The Balaban J connectivity index is 2.25. The fourth-order valence-corrected chi connectivity index (χ4v) is 2.39. The van der Waals surface area contributed by atoms with E-state index in [2.05, 4.69) is 0 Å². The number of amides is 1. The van der Waals surface area contributed by atoms with Crippen molar-refractivity contribution in [1.82, 2.24) is 14.9 Å². The summed E-state index contributed by atoms with van der Waals surface area (Å²) < 4.78 is 42.9. The molecule has 24 heavy (non-hydrogen) atoms. The number of aromatic amines is 1. The highest BCUT2D eigenvalue weighted by molar-refractivity contribution is 5.81. The van der Waals surface area contributed by atoms with Gasteiger partial charge in [-0.15, -0.1) is 0 Å². The number of ether oxygens (including phenoxy) is 1. The molecule has 1 aliphatic rings. The van der Waals surface area contributed by atoms with Crippen molar-refractivity contribution in [2.75, 3.05) is 13.2 Å². The first-order valence-corrected chi connectivity index (χ1v) is 6.76. The smallest absolute Gasteiger partial charge is 0.394 e. The molecule has 0 aromatic carbocycles. The third-order valence-electron chi connectivity index (χ3n) is 3.56. The van der Waals surface area contributed by atoms with Gasteiger partial charge in [-0.1, -0.05) is 0 Å². The van der Waals surface area contributed by atoms with Gasteiger partial charge in [-0.05, 0) is 0 Å². The third-order valence-corrected chi connectivity index (χ3v) is 3.56. The van der Waals surface area contributed by atoms with Gasteiger partial charge in [0.15, 0.2) is 0 Å². The Morgan fingerprint density at radius 3 is 2.62 bits per heavy atom. The molecule has 12 heteroatoms. The number of carbonyl (C=O) groups excluding carboxylic acids is 1. The number of nitrogens with one attached hydrogen (secondary N) is 2. The van der Waals surface area contributed by atoms with E-state index in [0.717, 1.165) is 16.8 Å². The van der Waals surface area contributed by atoms with Gasteiger partial charge in [0.2, 0.25) is 0 Å².